The highest BCUT2D eigenvalue weighted by Gasteiger charge is 2.11. The highest BCUT2D eigenvalue weighted by atomic mass is 15.4. The topological polar surface area (TPSA) is 97.8 Å². The van der Waals surface area contributed by atoms with Crippen LogP contribution in [0.1, 0.15) is 11.4 Å². The third-order valence-corrected chi connectivity index (χ3v) is 2.34. The second-order valence-corrected chi connectivity index (χ2v) is 4.14. The lowest BCUT2D eigenvalue weighted by atomic mass is 10.4. The normalized spacial score (nSPS) is 10.5. The summed E-state index contributed by atoms with van der Waals surface area (Å²) in [5, 5.41) is 4.33. The van der Waals surface area contributed by atoms with Crippen LogP contribution < -0.4 is 16.2 Å². The zero-order chi connectivity index (χ0) is 13.3. The summed E-state index contributed by atoms with van der Waals surface area (Å²) >= 11 is 0. The number of hydrazine groups is 1. The molecule has 96 valence electrons. The predicted octanol–water partition coefficient (Wildman–Crippen LogP) is 0.0257. The number of anilines is 2. The van der Waals surface area contributed by atoms with Gasteiger partial charge in [-0.3, -0.25) is 5.43 Å². The Labute approximate surface area is 105 Å². The van der Waals surface area contributed by atoms with Crippen LogP contribution in [0.15, 0.2) is 6.07 Å². The zero-order valence-corrected chi connectivity index (χ0v) is 10.8. The molecule has 18 heavy (non-hydrogen) atoms. The fraction of sp³-hybridized carbons (Fsp3) is 0.400. The lowest BCUT2D eigenvalue weighted by molar-refractivity contribution is 0.760. The lowest BCUT2D eigenvalue weighted by Gasteiger charge is -2.12. The largest absolute Gasteiger partial charge is 0.347 e. The smallest absolute Gasteiger partial charge is 0.257 e. The average molecular weight is 248 g/mol. The standard InChI is InChI=1S/C10H16N8/c1-6-5-7(2)18(16-6)10-13-8(15-11)12-9(14-10)17(3)4/h5H,11H2,1-4H3,(H,12,13,14,15). The Morgan fingerprint density at radius 1 is 1.22 bits per heavy atom. The van der Waals surface area contributed by atoms with E-state index in [2.05, 4.69) is 25.5 Å². The van der Waals surface area contributed by atoms with Gasteiger partial charge in [0.15, 0.2) is 0 Å². The molecule has 0 atom stereocenters. The van der Waals surface area contributed by atoms with Crippen LogP contribution in [-0.4, -0.2) is 38.8 Å². The van der Waals surface area contributed by atoms with E-state index in [0.29, 0.717) is 17.8 Å². The van der Waals surface area contributed by atoms with Crippen LogP contribution in [0.5, 0.6) is 0 Å². The molecule has 0 saturated heterocycles. The highest BCUT2D eigenvalue weighted by Crippen LogP contribution is 2.12. The molecule has 0 unspecified atom stereocenters. The van der Waals surface area contributed by atoms with E-state index in [0.717, 1.165) is 11.4 Å². The summed E-state index contributed by atoms with van der Waals surface area (Å²) < 4.78 is 1.66. The van der Waals surface area contributed by atoms with Crippen molar-refractivity contribution in [3.8, 4) is 5.95 Å². The first-order valence-corrected chi connectivity index (χ1v) is 5.45. The second kappa shape index (κ2) is 4.57. The number of rotatable bonds is 3. The third-order valence-electron chi connectivity index (χ3n) is 2.34. The number of nitrogens with two attached hydrogens (primary N) is 1. The van der Waals surface area contributed by atoms with E-state index < -0.39 is 0 Å². The molecular formula is C10H16N8. The molecule has 0 amide bonds. The minimum Gasteiger partial charge on any atom is -0.347 e. The second-order valence-electron chi connectivity index (χ2n) is 4.14. The number of hydrogen-bond donors (Lipinski definition) is 2. The van der Waals surface area contributed by atoms with Crippen LogP contribution in [-0.2, 0) is 0 Å². The van der Waals surface area contributed by atoms with E-state index in [-0.39, 0.29) is 0 Å². The Balaban J connectivity index is 2.56. The molecule has 0 radical (unpaired) electrons. The fourth-order valence-corrected chi connectivity index (χ4v) is 1.54. The minimum atomic E-state index is 0.302. The van der Waals surface area contributed by atoms with Gasteiger partial charge < -0.3 is 4.90 Å². The van der Waals surface area contributed by atoms with Crippen LogP contribution in [0, 0.1) is 13.8 Å². The van der Waals surface area contributed by atoms with Crippen molar-refractivity contribution in [2.24, 2.45) is 5.84 Å². The van der Waals surface area contributed by atoms with E-state index in [4.69, 9.17) is 5.84 Å². The monoisotopic (exact) mass is 248 g/mol. The molecule has 0 fully saturated rings. The van der Waals surface area contributed by atoms with Crippen LogP contribution in [0.3, 0.4) is 0 Å². The molecule has 0 saturated carbocycles. The summed E-state index contributed by atoms with van der Waals surface area (Å²) in [6, 6.07) is 1.95. The molecule has 2 heterocycles. The van der Waals surface area contributed by atoms with Crippen LogP contribution in [0.4, 0.5) is 11.9 Å². The minimum absolute atomic E-state index is 0.302. The first-order valence-electron chi connectivity index (χ1n) is 5.45. The van der Waals surface area contributed by atoms with E-state index in [1.807, 2.05) is 34.0 Å². The SMILES string of the molecule is Cc1cc(C)n(-c2nc(NN)nc(N(C)C)n2)n1. The highest BCUT2D eigenvalue weighted by molar-refractivity contribution is 5.38. The number of nitrogens with one attached hydrogen (secondary N) is 1. The number of aromatic nitrogens is 5. The van der Waals surface area contributed by atoms with Crippen LogP contribution in [0.2, 0.25) is 0 Å². The molecular weight excluding hydrogens is 232 g/mol. The number of aryl methyl sites for hydroxylation is 2. The summed E-state index contributed by atoms with van der Waals surface area (Å²) in [6.07, 6.45) is 0. The first kappa shape index (κ1) is 12.2. The van der Waals surface area contributed by atoms with Crippen molar-refractivity contribution in [3.05, 3.63) is 17.5 Å². The zero-order valence-electron chi connectivity index (χ0n) is 10.8. The predicted molar refractivity (Wildman–Crippen MR) is 68.6 cm³/mol. The van der Waals surface area contributed by atoms with Gasteiger partial charge in [0.1, 0.15) is 0 Å². The Bertz CT molecular complexity index is 559. The van der Waals surface area contributed by atoms with Crippen molar-refractivity contribution in [2.45, 2.75) is 13.8 Å². The average Bonchev–Trinajstić information content (AvgIpc) is 2.67. The van der Waals surface area contributed by atoms with Gasteiger partial charge in [-0.1, -0.05) is 0 Å². The molecule has 8 nitrogen and oxygen atoms in total. The summed E-state index contributed by atoms with van der Waals surface area (Å²) in [5.74, 6) is 6.61. The van der Waals surface area contributed by atoms with E-state index in [1.165, 1.54) is 0 Å². The summed E-state index contributed by atoms with van der Waals surface area (Å²) in [7, 11) is 3.70. The molecule has 2 aromatic rings. The first-order chi connectivity index (χ1) is 8.51. The van der Waals surface area contributed by atoms with Gasteiger partial charge in [-0.15, -0.1) is 0 Å². The van der Waals surface area contributed by atoms with Gasteiger partial charge in [0.2, 0.25) is 11.9 Å². The lowest BCUT2D eigenvalue weighted by Crippen LogP contribution is -2.19. The third kappa shape index (κ3) is 2.23. The summed E-state index contributed by atoms with van der Waals surface area (Å²) in [5.41, 5.74) is 4.28. The maximum Gasteiger partial charge on any atom is 0.257 e. The quantitative estimate of drug-likeness (QED) is 0.584. The van der Waals surface area contributed by atoms with Crippen molar-refractivity contribution in [1.82, 2.24) is 24.7 Å². The molecule has 0 aliphatic carbocycles. The Morgan fingerprint density at radius 2 is 1.94 bits per heavy atom. The molecule has 0 spiro atoms. The van der Waals surface area contributed by atoms with E-state index >= 15 is 0 Å². The fourth-order valence-electron chi connectivity index (χ4n) is 1.54. The van der Waals surface area contributed by atoms with Crippen molar-refractivity contribution in [3.63, 3.8) is 0 Å². The van der Waals surface area contributed by atoms with Crippen LogP contribution in [0.25, 0.3) is 5.95 Å². The Morgan fingerprint density at radius 3 is 2.44 bits per heavy atom. The number of hydrogen-bond acceptors (Lipinski definition) is 7. The van der Waals surface area contributed by atoms with E-state index in [9.17, 15) is 0 Å². The van der Waals surface area contributed by atoms with Crippen molar-refractivity contribution >= 4 is 11.9 Å². The molecule has 0 aliphatic rings. The molecule has 3 N–H and O–H groups in total. The maximum atomic E-state index is 5.36. The molecule has 2 aromatic heterocycles. The van der Waals surface area contributed by atoms with Gasteiger partial charge in [0, 0.05) is 19.8 Å². The maximum absolute atomic E-state index is 5.36. The molecule has 0 aliphatic heterocycles. The number of nitrogens with zero attached hydrogens (tertiary/aromatic N) is 6. The summed E-state index contributed by atoms with van der Waals surface area (Å²) in [4.78, 5) is 14.4. The van der Waals surface area contributed by atoms with Crippen molar-refractivity contribution < 1.29 is 0 Å². The van der Waals surface area contributed by atoms with Crippen molar-refractivity contribution in [1.29, 1.82) is 0 Å². The van der Waals surface area contributed by atoms with Gasteiger partial charge >= 0.3 is 0 Å². The summed E-state index contributed by atoms with van der Waals surface area (Å²) in [6.45, 7) is 3.86. The van der Waals surface area contributed by atoms with Gasteiger partial charge in [-0.2, -0.15) is 20.1 Å². The Hall–Kier alpha value is -2.22. The van der Waals surface area contributed by atoms with Gasteiger partial charge in [-0.05, 0) is 19.9 Å². The van der Waals surface area contributed by atoms with Crippen molar-refractivity contribution in [2.75, 3.05) is 24.4 Å². The van der Waals surface area contributed by atoms with Gasteiger partial charge in [-0.25, -0.2) is 10.5 Å². The van der Waals surface area contributed by atoms with Gasteiger partial charge in [0.05, 0.1) is 5.69 Å². The number of nitrogen functional groups attached to an aromatic ring is 1. The molecule has 0 bridgehead atoms. The van der Waals surface area contributed by atoms with Gasteiger partial charge in [0.25, 0.3) is 5.95 Å². The molecule has 0 aromatic carbocycles. The molecule has 8 heteroatoms. The van der Waals surface area contributed by atoms with E-state index in [1.54, 1.807) is 9.58 Å². The Kier molecular flexibility index (Phi) is 3.11. The molecule has 2 rings (SSSR count). The van der Waals surface area contributed by atoms with Crippen LogP contribution >= 0.6 is 0 Å².